The number of aromatic amines is 1. The first-order valence-corrected chi connectivity index (χ1v) is 10.4. The Hall–Kier alpha value is -2.56. The van der Waals surface area contributed by atoms with Gasteiger partial charge in [0.15, 0.2) is 0 Å². The molecule has 2 aliphatic rings. The summed E-state index contributed by atoms with van der Waals surface area (Å²) in [6.45, 7) is 7.90. The molecule has 5 nitrogen and oxygen atoms in total. The summed E-state index contributed by atoms with van der Waals surface area (Å²) in [5.41, 5.74) is 2.57. The molecule has 2 saturated heterocycles. The molecule has 2 aliphatic heterocycles. The maximum Gasteiger partial charge on any atom is 0.246 e. The van der Waals surface area contributed by atoms with Crippen molar-refractivity contribution < 1.29 is 9.59 Å². The van der Waals surface area contributed by atoms with E-state index in [9.17, 15) is 9.59 Å². The number of carbonyl (C=O) groups is 2. The molecule has 0 aliphatic carbocycles. The molecule has 5 heteroatoms. The van der Waals surface area contributed by atoms with Crippen LogP contribution in [0.1, 0.15) is 44.1 Å². The molecule has 2 fully saturated rings. The van der Waals surface area contributed by atoms with Crippen LogP contribution in [-0.2, 0) is 9.59 Å². The van der Waals surface area contributed by atoms with Crippen molar-refractivity contribution in [2.24, 2.45) is 5.92 Å². The highest BCUT2D eigenvalue weighted by molar-refractivity contribution is 5.88. The number of hydrogen-bond donors (Lipinski definition) is 1. The second-order valence-corrected chi connectivity index (χ2v) is 8.20. The van der Waals surface area contributed by atoms with Gasteiger partial charge in [0.1, 0.15) is 0 Å². The molecule has 28 heavy (non-hydrogen) atoms. The van der Waals surface area contributed by atoms with Crippen LogP contribution in [0.5, 0.6) is 0 Å². The van der Waals surface area contributed by atoms with Gasteiger partial charge in [0.2, 0.25) is 11.8 Å². The van der Waals surface area contributed by atoms with E-state index in [1.54, 1.807) is 0 Å². The van der Waals surface area contributed by atoms with Crippen molar-refractivity contribution in [3.05, 3.63) is 48.7 Å². The number of H-pyrrole nitrogens is 1. The predicted octanol–water partition coefficient (Wildman–Crippen LogP) is 3.69. The maximum absolute atomic E-state index is 13.0. The number of fused-ring (bicyclic) bond motifs is 1. The van der Waals surface area contributed by atoms with Gasteiger partial charge in [0, 0.05) is 48.7 Å². The zero-order valence-electron chi connectivity index (χ0n) is 16.6. The summed E-state index contributed by atoms with van der Waals surface area (Å²) < 4.78 is 0. The Kier molecular flexibility index (Phi) is 5.25. The van der Waals surface area contributed by atoms with Crippen LogP contribution in [0, 0.1) is 5.92 Å². The molecule has 0 spiro atoms. The normalized spacial score (nSPS) is 23.8. The van der Waals surface area contributed by atoms with Crippen LogP contribution in [0.25, 0.3) is 10.9 Å². The molecule has 1 N–H and O–H groups in total. The summed E-state index contributed by atoms with van der Waals surface area (Å²) >= 11 is 0. The zero-order chi connectivity index (χ0) is 19.7. The average molecular weight is 380 g/mol. The first kappa shape index (κ1) is 18.8. The van der Waals surface area contributed by atoms with Crippen LogP contribution in [0.2, 0.25) is 0 Å². The number of amides is 2. The lowest BCUT2D eigenvalue weighted by molar-refractivity contribution is -0.142. The lowest BCUT2D eigenvalue weighted by Gasteiger charge is -2.40. The fraction of sp³-hybridized carbons (Fsp3) is 0.478. The van der Waals surface area contributed by atoms with Crippen LogP contribution < -0.4 is 0 Å². The van der Waals surface area contributed by atoms with Crippen molar-refractivity contribution in [3.63, 3.8) is 0 Å². The van der Waals surface area contributed by atoms with Crippen molar-refractivity contribution in [2.75, 3.05) is 19.6 Å². The van der Waals surface area contributed by atoms with E-state index in [-0.39, 0.29) is 23.8 Å². The summed E-state index contributed by atoms with van der Waals surface area (Å²) in [7, 11) is 0. The molecule has 148 valence electrons. The van der Waals surface area contributed by atoms with E-state index in [0.717, 1.165) is 38.8 Å². The Labute approximate surface area is 166 Å². The van der Waals surface area contributed by atoms with Gasteiger partial charge in [0.05, 0.1) is 0 Å². The van der Waals surface area contributed by atoms with Gasteiger partial charge >= 0.3 is 0 Å². The van der Waals surface area contributed by atoms with Crippen molar-refractivity contribution >= 4 is 22.7 Å². The number of rotatable bonds is 3. The van der Waals surface area contributed by atoms with Crippen LogP contribution in [0.4, 0.5) is 0 Å². The van der Waals surface area contributed by atoms with Crippen LogP contribution in [0.3, 0.4) is 0 Å². The zero-order valence-corrected chi connectivity index (χ0v) is 16.6. The minimum atomic E-state index is -0.0297. The second kappa shape index (κ2) is 7.82. The van der Waals surface area contributed by atoms with E-state index in [1.807, 2.05) is 16.7 Å². The van der Waals surface area contributed by atoms with Gasteiger partial charge in [-0.1, -0.05) is 24.8 Å². The molecule has 0 radical (unpaired) electrons. The largest absolute Gasteiger partial charge is 0.361 e. The molecule has 3 heterocycles. The third kappa shape index (κ3) is 3.46. The minimum absolute atomic E-state index is 0.0297. The molecule has 0 unspecified atom stereocenters. The first-order valence-electron chi connectivity index (χ1n) is 10.4. The fourth-order valence-corrected chi connectivity index (χ4v) is 4.94. The van der Waals surface area contributed by atoms with Crippen LogP contribution >= 0.6 is 0 Å². The molecule has 2 amide bonds. The lowest BCUT2D eigenvalue weighted by Crippen LogP contribution is -2.49. The summed E-state index contributed by atoms with van der Waals surface area (Å²) in [4.78, 5) is 32.2. The van der Waals surface area contributed by atoms with E-state index in [2.05, 4.69) is 42.0 Å². The number of para-hydroxylation sites is 1. The van der Waals surface area contributed by atoms with E-state index >= 15 is 0 Å². The predicted molar refractivity (Wildman–Crippen MR) is 111 cm³/mol. The first-order chi connectivity index (χ1) is 13.6. The van der Waals surface area contributed by atoms with Crippen molar-refractivity contribution in [2.45, 2.75) is 44.6 Å². The average Bonchev–Trinajstić information content (AvgIpc) is 3.17. The topological polar surface area (TPSA) is 56.4 Å². The van der Waals surface area contributed by atoms with Gasteiger partial charge in [-0.25, -0.2) is 0 Å². The SMILES string of the molecule is C=CC(=O)N1CC[C@H](C(=O)N2CCC(c3c[nH]c4ccccc34)CC2)C[C@@H]1C. The van der Waals surface area contributed by atoms with E-state index in [4.69, 9.17) is 0 Å². The van der Waals surface area contributed by atoms with Crippen molar-refractivity contribution in [1.29, 1.82) is 0 Å². The highest BCUT2D eigenvalue weighted by Gasteiger charge is 2.35. The van der Waals surface area contributed by atoms with E-state index < -0.39 is 0 Å². The van der Waals surface area contributed by atoms with Crippen LogP contribution in [0.15, 0.2) is 43.1 Å². The van der Waals surface area contributed by atoms with Gasteiger partial charge in [0.25, 0.3) is 0 Å². The number of nitrogens with one attached hydrogen (secondary N) is 1. The Morgan fingerprint density at radius 3 is 2.61 bits per heavy atom. The number of nitrogens with zero attached hydrogens (tertiary/aromatic N) is 2. The second-order valence-electron chi connectivity index (χ2n) is 8.20. The van der Waals surface area contributed by atoms with E-state index in [0.29, 0.717) is 12.5 Å². The molecule has 1 aromatic carbocycles. The molecule has 2 atom stereocenters. The Bertz CT molecular complexity index is 879. The van der Waals surface area contributed by atoms with Gasteiger partial charge in [-0.05, 0) is 56.2 Å². The summed E-state index contributed by atoms with van der Waals surface area (Å²) in [5.74, 6) is 0.785. The lowest BCUT2D eigenvalue weighted by atomic mass is 9.86. The summed E-state index contributed by atoms with van der Waals surface area (Å²) in [5, 5.41) is 1.31. The monoisotopic (exact) mass is 379 g/mol. The standard InChI is InChI=1S/C23H29N3O2/c1-3-22(27)26-13-10-18(14-16(26)2)23(28)25-11-8-17(9-12-25)20-15-24-21-7-5-4-6-19(20)21/h3-7,15-18,24H,1,8-14H2,2H3/t16-,18-/m0/s1. The molecular formula is C23H29N3O2. The summed E-state index contributed by atoms with van der Waals surface area (Å²) in [6, 6.07) is 8.53. The summed E-state index contributed by atoms with van der Waals surface area (Å²) in [6.07, 6.45) is 7.04. The number of benzene rings is 1. The highest BCUT2D eigenvalue weighted by atomic mass is 16.2. The smallest absolute Gasteiger partial charge is 0.246 e. The number of aromatic nitrogens is 1. The fourth-order valence-electron chi connectivity index (χ4n) is 4.94. The quantitative estimate of drug-likeness (QED) is 0.827. The Morgan fingerprint density at radius 1 is 1.14 bits per heavy atom. The van der Waals surface area contributed by atoms with Crippen molar-refractivity contribution in [3.8, 4) is 0 Å². The minimum Gasteiger partial charge on any atom is -0.361 e. The molecule has 2 aromatic rings. The molecule has 1 aromatic heterocycles. The molecule has 0 bridgehead atoms. The Morgan fingerprint density at radius 2 is 1.89 bits per heavy atom. The van der Waals surface area contributed by atoms with Gasteiger partial charge < -0.3 is 14.8 Å². The molecule has 0 saturated carbocycles. The number of piperidine rings is 2. The number of carbonyl (C=O) groups excluding carboxylic acids is 2. The van der Waals surface area contributed by atoms with Gasteiger partial charge in [-0.15, -0.1) is 0 Å². The highest BCUT2D eigenvalue weighted by Crippen LogP contribution is 2.34. The molecule has 4 rings (SSSR count). The number of hydrogen-bond acceptors (Lipinski definition) is 2. The van der Waals surface area contributed by atoms with Gasteiger partial charge in [-0.3, -0.25) is 9.59 Å². The van der Waals surface area contributed by atoms with Crippen molar-refractivity contribution in [1.82, 2.24) is 14.8 Å². The van der Waals surface area contributed by atoms with Gasteiger partial charge in [-0.2, -0.15) is 0 Å². The maximum atomic E-state index is 13.0. The van der Waals surface area contributed by atoms with Crippen LogP contribution in [-0.4, -0.2) is 52.3 Å². The Balaban J connectivity index is 1.36. The third-order valence-electron chi connectivity index (χ3n) is 6.55. The third-order valence-corrected chi connectivity index (χ3v) is 6.55. The molecular weight excluding hydrogens is 350 g/mol. The van der Waals surface area contributed by atoms with E-state index in [1.165, 1.54) is 22.5 Å². The number of likely N-dealkylation sites (tertiary alicyclic amines) is 2.